The summed E-state index contributed by atoms with van der Waals surface area (Å²) in [5.41, 5.74) is 0.856. The molecular formula is C20H19N3O3. The molecule has 0 spiro atoms. The van der Waals surface area contributed by atoms with Crippen LogP contribution in [0, 0.1) is 0 Å². The number of benzene rings is 2. The molecule has 0 radical (unpaired) electrons. The summed E-state index contributed by atoms with van der Waals surface area (Å²) >= 11 is 0. The fourth-order valence-corrected chi connectivity index (χ4v) is 3.26. The van der Waals surface area contributed by atoms with Crippen molar-refractivity contribution in [2.24, 2.45) is 0 Å². The lowest BCUT2D eigenvalue weighted by Crippen LogP contribution is -2.39. The zero-order valence-electron chi connectivity index (χ0n) is 14.5. The Bertz CT molecular complexity index is 1040. The highest BCUT2D eigenvalue weighted by Gasteiger charge is 2.27. The number of hydrogen-bond acceptors (Lipinski definition) is 4. The number of hydrogen-bond donors (Lipinski definition) is 0. The number of para-hydroxylation sites is 2. The highest BCUT2D eigenvalue weighted by Crippen LogP contribution is 2.32. The third-order valence-electron chi connectivity index (χ3n) is 4.48. The smallest absolute Gasteiger partial charge is 0.279 e. The monoisotopic (exact) mass is 349 g/mol. The molecule has 2 heterocycles. The minimum Gasteiger partial charge on any atom is -0.490 e. The summed E-state index contributed by atoms with van der Waals surface area (Å²) in [6.45, 7) is 3.32. The molecule has 0 saturated heterocycles. The lowest BCUT2D eigenvalue weighted by Gasteiger charge is -2.29. The van der Waals surface area contributed by atoms with Gasteiger partial charge in [0.05, 0.1) is 17.6 Å². The normalized spacial score (nSPS) is 13.3. The van der Waals surface area contributed by atoms with Crippen molar-refractivity contribution in [2.75, 3.05) is 18.1 Å². The van der Waals surface area contributed by atoms with Crippen LogP contribution in [0.4, 0.5) is 5.69 Å². The van der Waals surface area contributed by atoms with Gasteiger partial charge in [0.15, 0.2) is 5.69 Å². The van der Waals surface area contributed by atoms with Crippen LogP contribution in [0.3, 0.4) is 0 Å². The Morgan fingerprint density at radius 1 is 1.12 bits per heavy atom. The third kappa shape index (κ3) is 2.63. The van der Waals surface area contributed by atoms with E-state index in [1.165, 1.54) is 4.68 Å². The molecule has 3 aromatic rings. The highest BCUT2D eigenvalue weighted by atomic mass is 16.5. The first-order valence-corrected chi connectivity index (χ1v) is 8.74. The van der Waals surface area contributed by atoms with Crippen molar-refractivity contribution in [3.8, 4) is 5.75 Å². The van der Waals surface area contributed by atoms with E-state index in [9.17, 15) is 9.59 Å². The predicted octanol–water partition coefficient (Wildman–Crippen LogP) is 2.85. The zero-order valence-corrected chi connectivity index (χ0v) is 14.5. The summed E-state index contributed by atoms with van der Waals surface area (Å²) in [7, 11) is 0. The molecule has 1 amide bonds. The van der Waals surface area contributed by atoms with Crippen molar-refractivity contribution >= 4 is 22.4 Å². The van der Waals surface area contributed by atoms with Gasteiger partial charge in [-0.25, -0.2) is 4.68 Å². The number of fused-ring (bicyclic) bond motifs is 2. The minimum absolute atomic E-state index is 0.165. The molecule has 6 nitrogen and oxygen atoms in total. The molecule has 6 heteroatoms. The Morgan fingerprint density at radius 3 is 2.65 bits per heavy atom. The topological polar surface area (TPSA) is 64.4 Å². The molecule has 4 rings (SSSR count). The van der Waals surface area contributed by atoms with Crippen LogP contribution in [0.25, 0.3) is 10.8 Å². The number of ether oxygens (including phenoxy) is 1. The summed E-state index contributed by atoms with van der Waals surface area (Å²) in [4.78, 5) is 27.6. The number of nitrogens with zero attached hydrogens (tertiary/aromatic N) is 3. The number of aromatic nitrogens is 2. The van der Waals surface area contributed by atoms with E-state index < -0.39 is 0 Å². The SMILES string of the molecule is CCCn1nc(C(=O)N2CCOc3ccccc32)c2ccccc2c1=O. The molecule has 26 heavy (non-hydrogen) atoms. The number of aryl methyl sites for hydroxylation is 1. The second-order valence-electron chi connectivity index (χ2n) is 6.20. The third-order valence-corrected chi connectivity index (χ3v) is 4.48. The van der Waals surface area contributed by atoms with Crippen LogP contribution in [-0.2, 0) is 6.54 Å². The second-order valence-corrected chi connectivity index (χ2v) is 6.20. The van der Waals surface area contributed by atoms with Gasteiger partial charge in [-0.2, -0.15) is 5.10 Å². The maximum atomic E-state index is 13.3. The average Bonchev–Trinajstić information content (AvgIpc) is 2.69. The summed E-state index contributed by atoms with van der Waals surface area (Å²) in [5, 5.41) is 5.51. The van der Waals surface area contributed by atoms with Gasteiger partial charge in [0.1, 0.15) is 12.4 Å². The van der Waals surface area contributed by atoms with Gasteiger partial charge in [-0.15, -0.1) is 0 Å². The Kier molecular flexibility index (Phi) is 4.16. The Hall–Kier alpha value is -3.15. The van der Waals surface area contributed by atoms with E-state index in [1.807, 2.05) is 37.3 Å². The molecule has 0 unspecified atom stereocenters. The van der Waals surface area contributed by atoms with Gasteiger partial charge in [0, 0.05) is 11.9 Å². The molecule has 0 bridgehead atoms. The average molecular weight is 349 g/mol. The molecule has 132 valence electrons. The van der Waals surface area contributed by atoms with Crippen LogP contribution in [-0.4, -0.2) is 28.8 Å². The van der Waals surface area contributed by atoms with Crippen LogP contribution in [0.5, 0.6) is 5.75 Å². The molecule has 2 aromatic carbocycles. The Morgan fingerprint density at radius 2 is 1.85 bits per heavy atom. The highest BCUT2D eigenvalue weighted by molar-refractivity contribution is 6.13. The van der Waals surface area contributed by atoms with Gasteiger partial charge in [-0.1, -0.05) is 37.3 Å². The molecule has 0 fully saturated rings. The molecular weight excluding hydrogens is 330 g/mol. The van der Waals surface area contributed by atoms with Crippen LogP contribution < -0.4 is 15.2 Å². The molecule has 1 aliphatic heterocycles. The summed E-state index contributed by atoms with van der Waals surface area (Å²) in [6.07, 6.45) is 0.763. The first-order valence-electron chi connectivity index (χ1n) is 8.74. The Balaban J connectivity index is 1.88. The van der Waals surface area contributed by atoms with Crippen molar-refractivity contribution in [1.29, 1.82) is 0 Å². The summed E-state index contributed by atoms with van der Waals surface area (Å²) in [5.74, 6) is 0.458. The molecule has 0 saturated carbocycles. The van der Waals surface area contributed by atoms with Gasteiger partial charge in [0.25, 0.3) is 11.5 Å². The standard InChI is InChI=1S/C20H19N3O3/c1-2-11-23-19(24)15-8-4-3-7-14(15)18(21-23)20(25)22-12-13-26-17-10-6-5-9-16(17)22/h3-10H,2,11-13H2,1H3. The van der Waals surface area contributed by atoms with Crippen LogP contribution >= 0.6 is 0 Å². The maximum Gasteiger partial charge on any atom is 0.279 e. The van der Waals surface area contributed by atoms with Crippen molar-refractivity contribution in [3.05, 3.63) is 64.6 Å². The molecule has 0 atom stereocenters. The van der Waals surface area contributed by atoms with Gasteiger partial charge in [0.2, 0.25) is 0 Å². The molecule has 1 aromatic heterocycles. The largest absolute Gasteiger partial charge is 0.490 e. The number of amides is 1. The number of carbonyl (C=O) groups is 1. The van der Waals surface area contributed by atoms with E-state index >= 15 is 0 Å². The predicted molar refractivity (Wildman–Crippen MR) is 99.9 cm³/mol. The van der Waals surface area contributed by atoms with E-state index in [4.69, 9.17) is 4.74 Å². The summed E-state index contributed by atoms with van der Waals surface area (Å²) in [6, 6.07) is 14.6. The fraction of sp³-hybridized carbons (Fsp3) is 0.250. The first kappa shape index (κ1) is 16.3. The van der Waals surface area contributed by atoms with Gasteiger partial charge in [-0.3, -0.25) is 9.59 Å². The van der Waals surface area contributed by atoms with Gasteiger partial charge in [-0.05, 0) is 24.6 Å². The van der Waals surface area contributed by atoms with Crippen molar-refractivity contribution < 1.29 is 9.53 Å². The van der Waals surface area contributed by atoms with E-state index in [1.54, 1.807) is 23.1 Å². The molecule has 0 N–H and O–H groups in total. The number of anilines is 1. The van der Waals surface area contributed by atoms with Gasteiger partial charge < -0.3 is 9.64 Å². The van der Waals surface area contributed by atoms with Crippen LogP contribution in [0.2, 0.25) is 0 Å². The van der Waals surface area contributed by atoms with E-state index in [0.29, 0.717) is 41.9 Å². The quantitative estimate of drug-likeness (QED) is 0.729. The molecule has 0 aliphatic carbocycles. The number of carbonyl (C=O) groups excluding carboxylic acids is 1. The second kappa shape index (κ2) is 6.63. The van der Waals surface area contributed by atoms with Crippen molar-refractivity contribution in [2.45, 2.75) is 19.9 Å². The van der Waals surface area contributed by atoms with Gasteiger partial charge >= 0.3 is 0 Å². The minimum atomic E-state index is -0.221. The van der Waals surface area contributed by atoms with Crippen LogP contribution in [0.15, 0.2) is 53.3 Å². The van der Waals surface area contributed by atoms with E-state index in [0.717, 1.165) is 12.1 Å². The first-order chi connectivity index (χ1) is 12.7. The fourth-order valence-electron chi connectivity index (χ4n) is 3.26. The lowest BCUT2D eigenvalue weighted by molar-refractivity contribution is 0.0971. The van der Waals surface area contributed by atoms with Crippen molar-refractivity contribution in [1.82, 2.24) is 9.78 Å². The molecule has 1 aliphatic rings. The lowest BCUT2D eigenvalue weighted by atomic mass is 10.1. The van der Waals surface area contributed by atoms with E-state index in [2.05, 4.69) is 5.10 Å². The van der Waals surface area contributed by atoms with Crippen molar-refractivity contribution in [3.63, 3.8) is 0 Å². The van der Waals surface area contributed by atoms with Crippen LogP contribution in [0.1, 0.15) is 23.8 Å². The van der Waals surface area contributed by atoms with E-state index in [-0.39, 0.29) is 11.5 Å². The zero-order chi connectivity index (χ0) is 18.1. The maximum absolute atomic E-state index is 13.3. The number of rotatable bonds is 3. The summed E-state index contributed by atoms with van der Waals surface area (Å²) < 4.78 is 7.03. The Labute approximate surface area is 150 Å².